The van der Waals surface area contributed by atoms with Crippen molar-refractivity contribution in [3.63, 3.8) is 0 Å². The number of hydroxylamine groups is 2. The Morgan fingerprint density at radius 2 is 1.50 bits per heavy atom. The maximum Gasteiger partial charge on any atom is 1.00 e. The number of amides is 2. The van der Waals surface area contributed by atoms with E-state index in [-0.39, 0.29) is 77.7 Å². The van der Waals surface area contributed by atoms with Crippen LogP contribution in [0.2, 0.25) is 0 Å². The number of anilines is 2. The summed E-state index contributed by atoms with van der Waals surface area (Å²) in [6.45, 7) is 9.59. The van der Waals surface area contributed by atoms with E-state index in [1.165, 1.54) is 30.3 Å². The summed E-state index contributed by atoms with van der Waals surface area (Å²) in [7, 11) is -8.59. The van der Waals surface area contributed by atoms with Gasteiger partial charge < -0.3 is 19.4 Å². The summed E-state index contributed by atoms with van der Waals surface area (Å²) in [4.78, 5) is 45.6. The van der Waals surface area contributed by atoms with Gasteiger partial charge in [-0.1, -0.05) is 82.7 Å². The van der Waals surface area contributed by atoms with Crippen LogP contribution in [-0.2, 0) is 50.3 Å². The fourth-order valence-electron chi connectivity index (χ4n) is 10.5. The number of fused-ring (bicyclic) bond motifs is 4. The molecule has 1 saturated heterocycles. The van der Waals surface area contributed by atoms with Crippen LogP contribution in [0.15, 0.2) is 131 Å². The van der Waals surface area contributed by atoms with E-state index in [0.717, 1.165) is 56.5 Å². The van der Waals surface area contributed by atoms with Crippen molar-refractivity contribution in [3.8, 4) is 5.75 Å². The fourth-order valence-corrected chi connectivity index (χ4v) is 11.5. The van der Waals surface area contributed by atoms with E-state index in [1.807, 2.05) is 12.1 Å². The van der Waals surface area contributed by atoms with Crippen molar-refractivity contribution in [1.82, 2.24) is 5.06 Å². The molecule has 0 saturated carbocycles. The van der Waals surface area contributed by atoms with Crippen molar-refractivity contribution >= 4 is 60.2 Å². The third-order valence-corrected chi connectivity index (χ3v) is 15.7. The Morgan fingerprint density at radius 3 is 2.21 bits per heavy atom. The molecule has 72 heavy (non-hydrogen) atoms. The summed E-state index contributed by atoms with van der Waals surface area (Å²) in [6.07, 6.45) is 13.1. The second-order valence-electron chi connectivity index (χ2n) is 19.7. The van der Waals surface area contributed by atoms with E-state index in [9.17, 15) is 44.7 Å². The minimum atomic E-state index is -4.46. The van der Waals surface area contributed by atoms with Crippen molar-refractivity contribution in [1.29, 1.82) is 0 Å². The van der Waals surface area contributed by atoms with E-state index in [4.69, 9.17) is 9.57 Å². The molecule has 1 atom stereocenters. The predicted molar refractivity (Wildman–Crippen MR) is 269 cm³/mol. The second-order valence-corrected chi connectivity index (χ2v) is 22.7. The molecule has 2 N–H and O–H groups in total. The maximum atomic E-state index is 14.9. The van der Waals surface area contributed by atoms with Crippen molar-refractivity contribution in [2.45, 2.75) is 120 Å². The Morgan fingerprint density at radius 1 is 0.806 bits per heavy atom. The van der Waals surface area contributed by atoms with Gasteiger partial charge in [-0.15, -0.1) is 5.06 Å². The molecule has 0 aromatic heterocycles. The maximum absolute atomic E-state index is 14.9. The van der Waals surface area contributed by atoms with Crippen LogP contribution in [0.5, 0.6) is 5.75 Å². The number of halogens is 1. The molecule has 14 nitrogen and oxygen atoms in total. The molecule has 4 aliphatic rings. The number of carbonyl (C=O) groups excluding carboxylic acids is 3. The third kappa shape index (κ3) is 11.9. The van der Waals surface area contributed by atoms with Crippen molar-refractivity contribution in [2.24, 2.45) is 0 Å². The average molecular weight is 1030 g/mol. The number of nitrogens with zero attached hydrogens (tertiary/aromatic N) is 3. The fraction of sp³-hybridized carbons (Fsp3) is 0.389. The topological polar surface area (TPSA) is 188 Å². The van der Waals surface area contributed by atoms with Gasteiger partial charge in [0.1, 0.15) is 17.3 Å². The molecule has 3 aliphatic heterocycles. The molecule has 3 heterocycles. The third-order valence-electron chi connectivity index (χ3n) is 14.0. The van der Waals surface area contributed by atoms with Gasteiger partial charge in [-0.25, -0.2) is 9.18 Å². The molecule has 0 radical (unpaired) electrons. The molecule has 2 amide bonds. The van der Waals surface area contributed by atoms with Gasteiger partial charge in [0, 0.05) is 60.3 Å². The molecule has 376 valence electrons. The molecule has 4 aromatic rings. The summed E-state index contributed by atoms with van der Waals surface area (Å²) in [5.41, 5.74) is 5.63. The van der Waals surface area contributed by atoms with Crippen LogP contribution < -0.4 is 44.1 Å². The van der Waals surface area contributed by atoms with Crippen LogP contribution in [0.4, 0.5) is 15.8 Å². The summed E-state index contributed by atoms with van der Waals surface area (Å²) in [5, 5.41) is 2.77. The quantitative estimate of drug-likeness (QED) is 0.0441. The summed E-state index contributed by atoms with van der Waals surface area (Å²) >= 11 is 0. The van der Waals surface area contributed by atoms with Gasteiger partial charge in [-0.2, -0.15) is 16.8 Å². The number of imide groups is 1. The number of carbonyl (C=O) groups is 3. The Hall–Kier alpha value is -5.14. The molecule has 4 aromatic carbocycles. The van der Waals surface area contributed by atoms with Gasteiger partial charge in [0.05, 0.1) is 16.7 Å². The Balaban J connectivity index is 0.00000760. The molecule has 0 bridgehead atoms. The zero-order valence-electron chi connectivity index (χ0n) is 41.4. The van der Waals surface area contributed by atoms with E-state index >= 15 is 0 Å². The van der Waals surface area contributed by atoms with E-state index in [0.29, 0.717) is 68.2 Å². The standard InChI is InChI=1S/C54H60FN3O11S2.Na/c1-53(2)43-35-39(55)21-27-44(43)56(32-9-5-6-17-50(61)69-58-48(59)30-31-49(58)60)46(53)28-19-37-14-12-15-38(52(37)68-40-22-24-41(25-23-40)71(65,66)67)20-29-47-54(3,4)51-42-16-8-7-13-36(42)18-26-45(51)57(47)33-10-11-34-70(62,63)64;/h7-8,13,16,18-29,35,46H,5-6,9-12,14-15,17,30-34H2,1-4H3,(H,62,63,64)(H,65,66,67);/q;+1/b28-19+,38-20+,47-29+;. The van der Waals surface area contributed by atoms with Crippen molar-refractivity contribution in [2.75, 3.05) is 28.6 Å². The number of unbranched alkanes of at least 4 members (excludes halogenated alkanes) is 3. The van der Waals surface area contributed by atoms with E-state index in [1.54, 1.807) is 12.1 Å². The number of rotatable bonds is 18. The SMILES string of the molecule is CC1(C)/C(=C\C=C2/CCCC(/C=C/C3N(CCCCCC(=O)ON4C(=O)CCC4=O)c4ccc(F)cc4C3(C)C)=C2Oc2ccc(S(=O)(=O)O)cc2)N(CCCCS(=O)(=O)O)c2ccc3ccccc3c21.[Na+]. The largest absolute Gasteiger partial charge is 1.00 e. The average Bonchev–Trinajstić information content (AvgIpc) is 3.83. The van der Waals surface area contributed by atoms with Crippen molar-refractivity contribution in [3.05, 3.63) is 143 Å². The molecule has 1 unspecified atom stereocenters. The first-order valence-electron chi connectivity index (χ1n) is 24.1. The minimum absolute atomic E-state index is 0. The predicted octanol–water partition coefficient (Wildman–Crippen LogP) is 7.21. The molecular weight excluding hydrogens is 973 g/mol. The van der Waals surface area contributed by atoms with E-state index in [2.05, 4.69) is 86.1 Å². The van der Waals surface area contributed by atoms with Crippen LogP contribution in [-0.4, -0.2) is 73.7 Å². The Bertz CT molecular complexity index is 3100. The van der Waals surface area contributed by atoms with Gasteiger partial charge >= 0.3 is 35.5 Å². The first-order chi connectivity index (χ1) is 33.6. The molecule has 8 rings (SSSR count). The Kier molecular flexibility index (Phi) is 16.8. The zero-order chi connectivity index (χ0) is 50.9. The minimum Gasteiger partial charge on any atom is -0.457 e. The van der Waals surface area contributed by atoms with Gasteiger partial charge in [0.25, 0.3) is 32.1 Å². The van der Waals surface area contributed by atoms with Crippen LogP contribution in [0.1, 0.15) is 109 Å². The van der Waals surface area contributed by atoms with Crippen LogP contribution >= 0.6 is 0 Å². The van der Waals surface area contributed by atoms with Crippen LogP contribution in [0.25, 0.3) is 10.8 Å². The number of benzene rings is 4. The summed E-state index contributed by atoms with van der Waals surface area (Å²) in [6, 6.07) is 22.6. The Labute approximate surface area is 443 Å². The molecule has 0 spiro atoms. The van der Waals surface area contributed by atoms with E-state index < -0.39 is 48.8 Å². The summed E-state index contributed by atoms with van der Waals surface area (Å²) < 4.78 is 88.1. The number of hydrogen-bond donors (Lipinski definition) is 2. The number of allylic oxidation sites excluding steroid dienone is 6. The number of hydrogen-bond acceptors (Lipinski definition) is 11. The normalized spacial score (nSPS) is 19.7. The van der Waals surface area contributed by atoms with Gasteiger partial charge in [-0.3, -0.25) is 18.7 Å². The molecule has 1 fully saturated rings. The van der Waals surface area contributed by atoms with Crippen molar-refractivity contribution < 1.29 is 83.8 Å². The smallest absolute Gasteiger partial charge is 0.457 e. The van der Waals surface area contributed by atoms with Gasteiger partial charge in [-0.05, 0) is 133 Å². The first kappa shape index (κ1) is 54.6. The zero-order valence-corrected chi connectivity index (χ0v) is 45.0. The van der Waals surface area contributed by atoms with Crippen LogP contribution in [0, 0.1) is 5.82 Å². The van der Waals surface area contributed by atoms with Gasteiger partial charge in [0.2, 0.25) is 0 Å². The first-order valence-corrected chi connectivity index (χ1v) is 27.1. The molecule has 18 heteroatoms. The molecular formula is C54H60FN3NaO11S2+. The molecule has 1 aliphatic carbocycles. The van der Waals surface area contributed by atoms with Crippen LogP contribution in [0.3, 0.4) is 0 Å². The summed E-state index contributed by atoms with van der Waals surface area (Å²) in [5.74, 6) is -1.45. The number of ether oxygens (including phenoxy) is 1. The second kappa shape index (κ2) is 22.1. The van der Waals surface area contributed by atoms with Gasteiger partial charge in [0.15, 0.2) is 0 Å². The monoisotopic (exact) mass is 1030 g/mol.